The van der Waals surface area contributed by atoms with Crippen molar-refractivity contribution in [3.05, 3.63) is 65.9 Å². The zero-order valence-corrected chi connectivity index (χ0v) is 16.8. The first-order valence-corrected chi connectivity index (χ1v) is 9.51. The highest BCUT2D eigenvalue weighted by atomic mass is 35.5. The van der Waals surface area contributed by atoms with Crippen molar-refractivity contribution in [1.29, 1.82) is 0 Å². The topological polar surface area (TPSA) is 88.6 Å². The molecule has 6 nitrogen and oxygen atoms in total. The van der Waals surface area contributed by atoms with Crippen LogP contribution in [0.5, 0.6) is 0 Å². The molecule has 0 spiro atoms. The van der Waals surface area contributed by atoms with E-state index >= 15 is 0 Å². The third-order valence-corrected chi connectivity index (χ3v) is 5.11. The van der Waals surface area contributed by atoms with E-state index in [2.05, 4.69) is 5.32 Å². The molecule has 1 fully saturated rings. The lowest BCUT2D eigenvalue weighted by Crippen LogP contribution is -2.43. The van der Waals surface area contributed by atoms with E-state index in [1.807, 2.05) is 41.3 Å². The van der Waals surface area contributed by atoms with E-state index in [-0.39, 0.29) is 36.0 Å². The maximum atomic E-state index is 12.4. The first-order valence-electron chi connectivity index (χ1n) is 9.51. The zero-order chi connectivity index (χ0) is 19.5. The number of anilines is 1. The minimum atomic E-state index is -0.301. The highest BCUT2D eigenvalue weighted by Gasteiger charge is 2.20. The number of rotatable bonds is 4. The molecule has 1 aromatic heterocycles. The average molecular weight is 414 g/mol. The number of amides is 2. The fourth-order valence-corrected chi connectivity index (χ4v) is 3.43. The number of nitrogens with zero attached hydrogens (tertiary/aromatic N) is 1. The highest BCUT2D eigenvalue weighted by Crippen LogP contribution is 2.20. The molecule has 29 heavy (non-hydrogen) atoms. The molecule has 0 unspecified atom stereocenters. The van der Waals surface area contributed by atoms with Crippen molar-refractivity contribution in [1.82, 2.24) is 4.90 Å². The van der Waals surface area contributed by atoms with E-state index in [4.69, 9.17) is 10.2 Å². The first-order chi connectivity index (χ1) is 13.6. The summed E-state index contributed by atoms with van der Waals surface area (Å²) in [6.45, 7) is 1.46. The fourth-order valence-electron chi connectivity index (χ4n) is 3.43. The molecule has 0 radical (unpaired) electrons. The second-order valence-corrected chi connectivity index (χ2v) is 7.19. The van der Waals surface area contributed by atoms with Gasteiger partial charge in [0, 0.05) is 30.2 Å². The van der Waals surface area contributed by atoms with Gasteiger partial charge in [-0.25, -0.2) is 0 Å². The van der Waals surface area contributed by atoms with Gasteiger partial charge in [0.25, 0.3) is 5.91 Å². The molecule has 7 heteroatoms. The van der Waals surface area contributed by atoms with Gasteiger partial charge in [0.2, 0.25) is 5.91 Å². The molecule has 0 bridgehead atoms. The van der Waals surface area contributed by atoms with Crippen LogP contribution in [0, 0.1) is 0 Å². The van der Waals surface area contributed by atoms with Gasteiger partial charge < -0.3 is 20.4 Å². The quantitative estimate of drug-likeness (QED) is 0.684. The fraction of sp³-hybridized carbons (Fsp3) is 0.273. The molecule has 0 atom stereocenters. The number of piperidine rings is 1. The number of hydrogen-bond donors (Lipinski definition) is 2. The summed E-state index contributed by atoms with van der Waals surface area (Å²) in [5.41, 5.74) is 8.15. The summed E-state index contributed by atoms with van der Waals surface area (Å²) in [5, 5.41) is 3.72. The Morgan fingerprint density at radius 3 is 2.45 bits per heavy atom. The number of carbonyl (C=O) groups is 2. The van der Waals surface area contributed by atoms with Gasteiger partial charge in [-0.2, -0.15) is 0 Å². The van der Waals surface area contributed by atoms with Crippen LogP contribution < -0.4 is 11.1 Å². The summed E-state index contributed by atoms with van der Waals surface area (Å²) in [6, 6.07) is 16.8. The van der Waals surface area contributed by atoms with Crippen molar-refractivity contribution >= 4 is 40.9 Å². The lowest BCUT2D eigenvalue weighted by Gasteiger charge is -2.30. The number of nitrogens with two attached hydrogens (primary N) is 1. The SMILES string of the molecule is Cl.NC1CCN(C(=O)Cc2ccc(NC(=O)c3cc4ccccc4o3)cc2)CC1. The van der Waals surface area contributed by atoms with Crippen molar-refractivity contribution in [3.63, 3.8) is 0 Å². The van der Waals surface area contributed by atoms with Crippen LogP contribution in [0.15, 0.2) is 59.0 Å². The molecule has 2 amide bonds. The largest absolute Gasteiger partial charge is 0.451 e. The van der Waals surface area contributed by atoms with E-state index in [1.165, 1.54) is 0 Å². The maximum absolute atomic E-state index is 12.4. The van der Waals surface area contributed by atoms with Gasteiger partial charge in [-0.1, -0.05) is 30.3 Å². The number of carbonyl (C=O) groups excluding carboxylic acids is 2. The summed E-state index contributed by atoms with van der Waals surface area (Å²) < 4.78 is 5.58. The number of benzene rings is 2. The lowest BCUT2D eigenvalue weighted by atomic mass is 10.0. The molecule has 0 aliphatic carbocycles. The molecule has 3 N–H and O–H groups in total. The molecule has 2 heterocycles. The molecular formula is C22H24ClN3O3. The molecule has 1 saturated heterocycles. The van der Waals surface area contributed by atoms with Crippen molar-refractivity contribution < 1.29 is 14.0 Å². The third kappa shape index (κ3) is 4.96. The summed E-state index contributed by atoms with van der Waals surface area (Å²) >= 11 is 0. The van der Waals surface area contributed by atoms with Gasteiger partial charge in [-0.3, -0.25) is 9.59 Å². The number of likely N-dealkylation sites (tertiary alicyclic amines) is 1. The molecule has 152 valence electrons. The smallest absolute Gasteiger partial charge is 0.291 e. The molecular weight excluding hydrogens is 390 g/mol. The van der Waals surface area contributed by atoms with Crippen molar-refractivity contribution in [3.8, 4) is 0 Å². The van der Waals surface area contributed by atoms with Crippen LogP contribution in [0.4, 0.5) is 5.69 Å². The Kier molecular flexibility index (Phi) is 6.56. The summed E-state index contributed by atoms with van der Waals surface area (Å²) in [4.78, 5) is 26.7. The number of nitrogens with one attached hydrogen (secondary N) is 1. The molecule has 3 aromatic rings. The Morgan fingerprint density at radius 2 is 1.76 bits per heavy atom. The van der Waals surface area contributed by atoms with Crippen LogP contribution in [0.1, 0.15) is 29.0 Å². The maximum Gasteiger partial charge on any atom is 0.291 e. The van der Waals surface area contributed by atoms with Crippen molar-refractivity contribution in [2.45, 2.75) is 25.3 Å². The predicted molar refractivity (Wildman–Crippen MR) is 115 cm³/mol. The van der Waals surface area contributed by atoms with Gasteiger partial charge in [-0.15, -0.1) is 12.4 Å². The van der Waals surface area contributed by atoms with E-state index in [9.17, 15) is 9.59 Å². The number of hydrogen-bond acceptors (Lipinski definition) is 4. The standard InChI is InChI=1S/C22H23N3O3.ClH/c23-17-9-11-25(12-10-17)21(26)13-15-5-7-18(8-6-15)24-22(27)20-14-16-3-1-2-4-19(16)28-20;/h1-8,14,17H,9-13,23H2,(H,24,27);1H. The van der Waals surface area contributed by atoms with Gasteiger partial charge in [-0.05, 0) is 42.7 Å². The number of halogens is 1. The van der Waals surface area contributed by atoms with Gasteiger partial charge in [0.1, 0.15) is 5.58 Å². The number of para-hydroxylation sites is 1. The minimum absolute atomic E-state index is 0. The lowest BCUT2D eigenvalue weighted by molar-refractivity contribution is -0.131. The second kappa shape index (κ2) is 9.11. The Labute approximate surface area is 175 Å². The van der Waals surface area contributed by atoms with Crippen molar-refractivity contribution in [2.24, 2.45) is 5.73 Å². The van der Waals surface area contributed by atoms with Crippen LogP contribution in [-0.4, -0.2) is 35.8 Å². The second-order valence-electron chi connectivity index (χ2n) is 7.19. The van der Waals surface area contributed by atoms with Crippen LogP contribution in [0.3, 0.4) is 0 Å². The van der Waals surface area contributed by atoms with Gasteiger partial charge >= 0.3 is 0 Å². The number of furan rings is 1. The van der Waals surface area contributed by atoms with Crippen LogP contribution >= 0.6 is 12.4 Å². The molecule has 0 saturated carbocycles. The zero-order valence-electron chi connectivity index (χ0n) is 16.0. The van der Waals surface area contributed by atoms with Crippen molar-refractivity contribution in [2.75, 3.05) is 18.4 Å². The molecule has 2 aromatic carbocycles. The highest BCUT2D eigenvalue weighted by molar-refractivity contribution is 6.04. The molecule has 1 aliphatic heterocycles. The normalized spacial score (nSPS) is 14.4. The minimum Gasteiger partial charge on any atom is -0.451 e. The Hall–Kier alpha value is -2.83. The van der Waals surface area contributed by atoms with Crippen LogP contribution in [0.2, 0.25) is 0 Å². The van der Waals surface area contributed by atoms with E-state index in [1.54, 1.807) is 18.2 Å². The summed E-state index contributed by atoms with van der Waals surface area (Å²) in [6.07, 6.45) is 2.07. The average Bonchev–Trinajstić information content (AvgIpc) is 3.14. The molecule has 1 aliphatic rings. The van der Waals surface area contributed by atoms with Crippen LogP contribution in [0.25, 0.3) is 11.0 Å². The Bertz CT molecular complexity index is 959. The Morgan fingerprint density at radius 1 is 1.07 bits per heavy atom. The predicted octanol–water partition coefficient (Wildman–Crippen LogP) is 3.60. The van der Waals surface area contributed by atoms with E-state index in [0.29, 0.717) is 17.7 Å². The van der Waals surface area contributed by atoms with Gasteiger partial charge in [0.05, 0.1) is 6.42 Å². The summed E-state index contributed by atoms with van der Waals surface area (Å²) in [7, 11) is 0. The van der Waals surface area contributed by atoms with E-state index in [0.717, 1.165) is 36.9 Å². The monoisotopic (exact) mass is 413 g/mol. The van der Waals surface area contributed by atoms with Crippen LogP contribution in [-0.2, 0) is 11.2 Å². The molecule has 4 rings (SSSR count). The Balaban J connectivity index is 0.00000240. The number of fused-ring (bicyclic) bond motifs is 1. The summed E-state index contributed by atoms with van der Waals surface area (Å²) in [5.74, 6) is 0.0828. The first kappa shape index (κ1) is 20.9. The van der Waals surface area contributed by atoms with Gasteiger partial charge in [0.15, 0.2) is 5.76 Å². The van der Waals surface area contributed by atoms with E-state index < -0.39 is 0 Å². The third-order valence-electron chi connectivity index (χ3n) is 5.11.